The Morgan fingerprint density at radius 3 is 2.79 bits per heavy atom. The van der Waals surface area contributed by atoms with Crippen molar-refractivity contribution in [3.05, 3.63) is 71.5 Å². The van der Waals surface area contributed by atoms with Gasteiger partial charge in [0.2, 0.25) is 0 Å². The first-order valence-corrected chi connectivity index (χ1v) is 10.2. The summed E-state index contributed by atoms with van der Waals surface area (Å²) in [6.07, 6.45) is 3.26. The molecule has 0 spiro atoms. The molecule has 1 aliphatic rings. The zero-order valence-electron chi connectivity index (χ0n) is 14.9. The van der Waals surface area contributed by atoms with Gasteiger partial charge in [0.15, 0.2) is 10.9 Å². The third kappa shape index (κ3) is 3.20. The van der Waals surface area contributed by atoms with Crippen molar-refractivity contribution in [1.82, 2.24) is 15.0 Å². The average molecular weight is 409 g/mol. The van der Waals surface area contributed by atoms with E-state index in [1.807, 2.05) is 53.2 Å². The fourth-order valence-corrected chi connectivity index (χ4v) is 4.52. The van der Waals surface area contributed by atoms with Crippen LogP contribution in [0, 0.1) is 0 Å². The van der Waals surface area contributed by atoms with Crippen LogP contribution in [0.5, 0.6) is 0 Å². The van der Waals surface area contributed by atoms with Crippen molar-refractivity contribution in [2.24, 2.45) is 0 Å². The second kappa shape index (κ2) is 7.05. The van der Waals surface area contributed by atoms with E-state index >= 15 is 0 Å². The van der Waals surface area contributed by atoms with Crippen LogP contribution < -0.4 is 10.9 Å². The number of fused-ring (bicyclic) bond motifs is 2. The quantitative estimate of drug-likeness (QED) is 0.437. The number of nitrogens with one attached hydrogen (secondary N) is 2. The predicted octanol–water partition coefficient (Wildman–Crippen LogP) is 5.51. The molecule has 7 heteroatoms. The van der Waals surface area contributed by atoms with E-state index in [0.29, 0.717) is 6.42 Å². The van der Waals surface area contributed by atoms with Crippen molar-refractivity contribution in [2.75, 3.05) is 5.43 Å². The van der Waals surface area contributed by atoms with E-state index in [0.717, 1.165) is 43.6 Å². The van der Waals surface area contributed by atoms with Crippen LogP contribution in [0.1, 0.15) is 29.5 Å². The molecule has 0 saturated heterocycles. The van der Waals surface area contributed by atoms with Crippen LogP contribution >= 0.6 is 22.9 Å². The summed E-state index contributed by atoms with van der Waals surface area (Å²) in [4.78, 5) is 16.6. The number of hydrogen-bond donors (Lipinski definition) is 2. The highest BCUT2D eigenvalue weighted by molar-refractivity contribution is 7.22. The second-order valence-electron chi connectivity index (χ2n) is 6.76. The number of hydrogen-bond acceptors (Lipinski definition) is 5. The third-order valence-electron chi connectivity index (χ3n) is 4.96. The number of aromatic nitrogens is 2. The van der Waals surface area contributed by atoms with Gasteiger partial charge in [0.1, 0.15) is 6.17 Å². The number of rotatable bonds is 4. The number of anilines is 1. The lowest BCUT2D eigenvalue weighted by Crippen LogP contribution is -2.35. The van der Waals surface area contributed by atoms with Gasteiger partial charge in [0.25, 0.3) is 0 Å². The van der Waals surface area contributed by atoms with Gasteiger partial charge in [-0.15, -0.1) is 0 Å². The molecule has 1 atom stereocenters. The molecule has 5 nitrogen and oxygen atoms in total. The van der Waals surface area contributed by atoms with Crippen LogP contribution in [0.4, 0.5) is 5.13 Å². The van der Waals surface area contributed by atoms with Crippen molar-refractivity contribution in [2.45, 2.75) is 19.0 Å². The molecular formula is C21H17ClN4OS. The first-order valence-electron chi connectivity index (χ1n) is 9.05. The number of thiazole rings is 1. The van der Waals surface area contributed by atoms with Gasteiger partial charge in [-0.1, -0.05) is 41.1 Å². The summed E-state index contributed by atoms with van der Waals surface area (Å²) >= 11 is 7.58. The van der Waals surface area contributed by atoms with Crippen molar-refractivity contribution in [3.63, 3.8) is 0 Å². The van der Waals surface area contributed by atoms with Crippen LogP contribution in [0.15, 0.2) is 60.8 Å². The van der Waals surface area contributed by atoms with E-state index in [9.17, 15) is 4.79 Å². The summed E-state index contributed by atoms with van der Waals surface area (Å²) in [6.45, 7) is 0. The fraction of sp³-hybridized carbons (Fsp3) is 0.143. The van der Waals surface area contributed by atoms with Crippen molar-refractivity contribution < 1.29 is 4.79 Å². The zero-order valence-corrected chi connectivity index (χ0v) is 16.4. The van der Waals surface area contributed by atoms with E-state index in [1.54, 1.807) is 11.3 Å². The molecule has 140 valence electrons. The standard InChI is InChI=1S/C21H17ClN4OS/c22-15-6-3-13(4-7-15)14-5-8-16-19(12-14)28-21(23-16)25-24-20-10-9-18(27)17-2-1-11-26(17)20/h1-8,11-12,20,24H,9-10H2,(H,23,25). The minimum Gasteiger partial charge on any atom is -0.327 e. The number of carbonyl (C=O) groups excluding carboxylic acids is 1. The van der Waals surface area contributed by atoms with E-state index < -0.39 is 0 Å². The van der Waals surface area contributed by atoms with Crippen LogP contribution in [0.25, 0.3) is 21.3 Å². The molecule has 1 aliphatic heterocycles. The summed E-state index contributed by atoms with van der Waals surface area (Å²) in [5, 5.41) is 1.53. The highest BCUT2D eigenvalue weighted by Crippen LogP contribution is 2.31. The maximum Gasteiger partial charge on any atom is 0.198 e. The van der Waals surface area contributed by atoms with E-state index in [1.165, 1.54) is 0 Å². The number of ketones is 1. The van der Waals surface area contributed by atoms with Gasteiger partial charge < -0.3 is 4.57 Å². The van der Waals surface area contributed by atoms with E-state index in [2.05, 4.69) is 28.0 Å². The second-order valence-corrected chi connectivity index (χ2v) is 8.22. The summed E-state index contributed by atoms with van der Waals surface area (Å²) in [5.41, 5.74) is 10.5. The molecule has 0 aliphatic carbocycles. The first kappa shape index (κ1) is 17.4. The lowest BCUT2D eigenvalue weighted by Gasteiger charge is -2.26. The Morgan fingerprint density at radius 2 is 1.93 bits per heavy atom. The van der Waals surface area contributed by atoms with Crippen LogP contribution in [-0.4, -0.2) is 15.3 Å². The molecular weight excluding hydrogens is 392 g/mol. The maximum absolute atomic E-state index is 12.0. The monoisotopic (exact) mass is 408 g/mol. The third-order valence-corrected chi connectivity index (χ3v) is 6.14. The molecule has 2 N–H and O–H groups in total. The maximum atomic E-state index is 12.0. The predicted molar refractivity (Wildman–Crippen MR) is 114 cm³/mol. The molecule has 3 heterocycles. The molecule has 4 aromatic rings. The van der Waals surface area contributed by atoms with Crippen LogP contribution in [-0.2, 0) is 0 Å². The van der Waals surface area contributed by atoms with Gasteiger partial charge in [0.05, 0.1) is 15.9 Å². The molecule has 0 bridgehead atoms. The summed E-state index contributed by atoms with van der Waals surface area (Å²) in [7, 11) is 0. The van der Waals surface area contributed by atoms with E-state index in [4.69, 9.17) is 11.6 Å². The number of halogens is 1. The van der Waals surface area contributed by atoms with Crippen molar-refractivity contribution >= 4 is 44.1 Å². The molecule has 0 radical (unpaired) electrons. The van der Waals surface area contributed by atoms with Gasteiger partial charge in [-0.2, -0.15) is 0 Å². The minimum absolute atomic E-state index is 0.0272. The Balaban J connectivity index is 1.35. The summed E-state index contributed by atoms with van der Waals surface area (Å²) < 4.78 is 3.09. The smallest absolute Gasteiger partial charge is 0.198 e. The van der Waals surface area contributed by atoms with Gasteiger partial charge in [-0.25, -0.2) is 10.4 Å². The number of nitrogens with zero attached hydrogens (tertiary/aromatic N) is 2. The lowest BCUT2D eigenvalue weighted by atomic mass is 10.1. The van der Waals surface area contributed by atoms with Crippen LogP contribution in [0.2, 0.25) is 5.02 Å². The zero-order chi connectivity index (χ0) is 19.1. The fourth-order valence-electron chi connectivity index (χ4n) is 3.52. The summed E-state index contributed by atoms with van der Waals surface area (Å²) in [5.74, 6) is 0.192. The highest BCUT2D eigenvalue weighted by Gasteiger charge is 2.24. The van der Waals surface area contributed by atoms with E-state index in [-0.39, 0.29) is 11.9 Å². The van der Waals surface area contributed by atoms with Gasteiger partial charge >= 0.3 is 0 Å². The Labute approximate surface area is 170 Å². The van der Waals surface area contributed by atoms with Gasteiger partial charge in [-0.05, 0) is 53.9 Å². The Morgan fingerprint density at radius 1 is 1.11 bits per heavy atom. The minimum atomic E-state index is 0.0272. The normalized spacial score (nSPS) is 16.3. The highest BCUT2D eigenvalue weighted by atomic mass is 35.5. The Bertz CT molecular complexity index is 1160. The SMILES string of the molecule is O=C1CCC(NNc2nc3ccc(-c4ccc(Cl)cc4)cc3s2)n2cccc21. The molecule has 0 saturated carbocycles. The Hall–Kier alpha value is -2.67. The lowest BCUT2D eigenvalue weighted by molar-refractivity contribution is 0.0936. The molecule has 0 amide bonds. The molecule has 2 aromatic carbocycles. The van der Waals surface area contributed by atoms with Crippen molar-refractivity contribution in [3.8, 4) is 11.1 Å². The largest absolute Gasteiger partial charge is 0.327 e. The molecule has 5 rings (SSSR count). The number of Topliss-reactive ketones (excluding diaryl/α,β-unsaturated/α-hetero) is 1. The number of carbonyl (C=O) groups is 1. The number of benzene rings is 2. The van der Waals surface area contributed by atoms with Gasteiger partial charge in [-0.3, -0.25) is 10.2 Å². The average Bonchev–Trinajstić information content (AvgIpc) is 3.35. The molecule has 2 aromatic heterocycles. The molecule has 0 fully saturated rings. The Kier molecular flexibility index (Phi) is 4.39. The molecule has 1 unspecified atom stereocenters. The van der Waals surface area contributed by atoms with Gasteiger partial charge in [0, 0.05) is 17.6 Å². The van der Waals surface area contributed by atoms with Crippen LogP contribution in [0.3, 0.4) is 0 Å². The molecule has 28 heavy (non-hydrogen) atoms. The topological polar surface area (TPSA) is 59.0 Å². The summed E-state index contributed by atoms with van der Waals surface area (Å²) in [6, 6.07) is 17.9. The van der Waals surface area contributed by atoms with Crippen molar-refractivity contribution in [1.29, 1.82) is 0 Å². The first-order chi connectivity index (χ1) is 13.7. The number of hydrazine groups is 1.